The average molecular weight is 450 g/mol. The number of aromatic nitrogens is 2. The maximum absolute atomic E-state index is 12.6. The van der Waals surface area contributed by atoms with Crippen LogP contribution in [0.2, 0.25) is 0 Å². The summed E-state index contributed by atoms with van der Waals surface area (Å²) in [6.07, 6.45) is 2.07. The number of nitrogens with zero attached hydrogens (tertiary/aromatic N) is 4. The molecule has 1 saturated heterocycles. The van der Waals surface area contributed by atoms with Crippen molar-refractivity contribution in [1.82, 2.24) is 14.3 Å². The van der Waals surface area contributed by atoms with Crippen molar-refractivity contribution in [2.45, 2.75) is 0 Å². The van der Waals surface area contributed by atoms with Crippen molar-refractivity contribution < 1.29 is 4.79 Å². The lowest BCUT2D eigenvalue weighted by molar-refractivity contribution is 0.208. The Morgan fingerprint density at radius 1 is 0.897 bits per heavy atom. The molecule has 0 radical (unpaired) electrons. The minimum absolute atomic E-state index is 0.0636. The molecule has 6 nitrogen and oxygen atoms in total. The predicted octanol–water partition coefficient (Wildman–Crippen LogP) is 4.60. The Balaban J connectivity index is 1.33. The lowest BCUT2D eigenvalue weighted by Crippen LogP contribution is -2.50. The van der Waals surface area contributed by atoms with Crippen molar-refractivity contribution in [3.8, 4) is 0 Å². The molecule has 0 unspecified atom stereocenters. The molecule has 2 aromatic heterocycles. The van der Waals surface area contributed by atoms with Crippen LogP contribution in [0.5, 0.6) is 0 Å². The third kappa shape index (κ3) is 3.42. The number of para-hydroxylation sites is 2. The van der Waals surface area contributed by atoms with Gasteiger partial charge >= 0.3 is 6.03 Å². The van der Waals surface area contributed by atoms with Crippen LogP contribution in [-0.2, 0) is 0 Å². The number of piperazine rings is 1. The SMILES string of the molecule is O=C(Nc1ccc(Br)cc1)N1CCN(c2nc3ccccc3n3cccc23)CC1. The molecule has 0 saturated carbocycles. The van der Waals surface area contributed by atoms with E-state index in [4.69, 9.17) is 4.98 Å². The number of hydrogen-bond donors (Lipinski definition) is 1. The molecule has 3 heterocycles. The van der Waals surface area contributed by atoms with Gasteiger partial charge in [-0.15, -0.1) is 0 Å². The zero-order chi connectivity index (χ0) is 19.8. The summed E-state index contributed by atoms with van der Waals surface area (Å²) >= 11 is 3.41. The van der Waals surface area contributed by atoms with Gasteiger partial charge < -0.3 is 19.5 Å². The summed E-state index contributed by atoms with van der Waals surface area (Å²) in [5.74, 6) is 0.974. The van der Waals surface area contributed by atoms with E-state index in [9.17, 15) is 4.79 Å². The summed E-state index contributed by atoms with van der Waals surface area (Å²) in [4.78, 5) is 21.7. The Hall–Kier alpha value is -3.06. The van der Waals surface area contributed by atoms with Crippen molar-refractivity contribution in [2.24, 2.45) is 0 Å². The number of fused-ring (bicyclic) bond motifs is 3. The monoisotopic (exact) mass is 449 g/mol. The molecule has 1 aliphatic rings. The van der Waals surface area contributed by atoms with E-state index >= 15 is 0 Å². The number of benzene rings is 2. The number of hydrogen-bond acceptors (Lipinski definition) is 3. The second-order valence-electron chi connectivity index (χ2n) is 7.10. The first-order chi connectivity index (χ1) is 14.2. The molecule has 0 spiro atoms. The third-order valence-corrected chi connectivity index (χ3v) is 5.84. The van der Waals surface area contributed by atoms with E-state index in [0.717, 1.165) is 45.6 Å². The first kappa shape index (κ1) is 18.0. The fraction of sp³-hybridized carbons (Fsp3) is 0.182. The summed E-state index contributed by atoms with van der Waals surface area (Å²) in [5, 5.41) is 2.97. The van der Waals surface area contributed by atoms with Crippen LogP contribution in [0.4, 0.5) is 16.3 Å². The zero-order valence-corrected chi connectivity index (χ0v) is 17.3. The summed E-state index contributed by atoms with van der Waals surface area (Å²) in [7, 11) is 0. The van der Waals surface area contributed by atoms with Crippen LogP contribution < -0.4 is 10.2 Å². The summed E-state index contributed by atoms with van der Waals surface area (Å²) in [5.41, 5.74) is 3.97. The number of anilines is 2. The Labute approximate surface area is 176 Å². The average Bonchev–Trinajstić information content (AvgIpc) is 3.25. The van der Waals surface area contributed by atoms with E-state index in [1.165, 1.54) is 0 Å². The van der Waals surface area contributed by atoms with Gasteiger partial charge in [0, 0.05) is 42.5 Å². The molecular formula is C22H20BrN5O. The summed E-state index contributed by atoms with van der Waals surface area (Å²) in [6.45, 7) is 2.81. The standard InChI is InChI=1S/C22H20BrN5O/c23-16-7-9-17(10-8-16)24-22(29)27-14-12-26(13-15-27)21-20-6-3-11-28(20)19-5-2-1-4-18(19)25-21/h1-11H,12-15H2,(H,24,29). The fourth-order valence-corrected chi connectivity index (χ4v) is 4.06. The molecule has 4 aromatic rings. The van der Waals surface area contributed by atoms with E-state index in [-0.39, 0.29) is 6.03 Å². The van der Waals surface area contributed by atoms with E-state index in [2.05, 4.69) is 54.9 Å². The molecule has 0 aliphatic carbocycles. The third-order valence-electron chi connectivity index (χ3n) is 5.31. The van der Waals surface area contributed by atoms with Crippen LogP contribution in [0.15, 0.2) is 71.3 Å². The van der Waals surface area contributed by atoms with Crippen LogP contribution in [-0.4, -0.2) is 46.5 Å². The van der Waals surface area contributed by atoms with Gasteiger partial charge in [-0.2, -0.15) is 0 Å². The Morgan fingerprint density at radius 2 is 1.62 bits per heavy atom. The largest absolute Gasteiger partial charge is 0.351 e. The Bertz CT molecular complexity index is 1180. The summed E-state index contributed by atoms with van der Waals surface area (Å²) < 4.78 is 3.17. The Kier molecular flexibility index (Phi) is 4.60. The van der Waals surface area contributed by atoms with Gasteiger partial charge in [-0.05, 0) is 48.5 Å². The van der Waals surface area contributed by atoms with Gasteiger partial charge in [0.15, 0.2) is 5.82 Å². The van der Waals surface area contributed by atoms with Crippen LogP contribution in [0.3, 0.4) is 0 Å². The first-order valence-corrected chi connectivity index (χ1v) is 10.4. The molecule has 1 N–H and O–H groups in total. The number of rotatable bonds is 2. The predicted molar refractivity (Wildman–Crippen MR) is 120 cm³/mol. The van der Waals surface area contributed by atoms with Crippen LogP contribution in [0.1, 0.15) is 0 Å². The molecule has 5 rings (SSSR count). The molecule has 1 aliphatic heterocycles. The van der Waals surface area contributed by atoms with Crippen LogP contribution in [0.25, 0.3) is 16.6 Å². The van der Waals surface area contributed by atoms with Gasteiger partial charge in [-0.25, -0.2) is 9.78 Å². The number of amides is 2. The lowest BCUT2D eigenvalue weighted by Gasteiger charge is -2.35. The zero-order valence-electron chi connectivity index (χ0n) is 15.8. The highest BCUT2D eigenvalue weighted by atomic mass is 79.9. The molecule has 29 heavy (non-hydrogen) atoms. The number of carbonyl (C=O) groups is 1. The van der Waals surface area contributed by atoms with Crippen LogP contribution in [0, 0.1) is 0 Å². The molecule has 146 valence electrons. The minimum Gasteiger partial charge on any atom is -0.351 e. The lowest BCUT2D eigenvalue weighted by atomic mass is 10.2. The number of urea groups is 1. The second kappa shape index (κ2) is 7.40. The molecule has 0 bridgehead atoms. The normalized spacial score (nSPS) is 14.5. The maximum Gasteiger partial charge on any atom is 0.321 e. The minimum atomic E-state index is -0.0636. The fourth-order valence-electron chi connectivity index (χ4n) is 3.80. The molecule has 2 amide bonds. The van der Waals surface area contributed by atoms with Gasteiger partial charge in [0.1, 0.15) is 0 Å². The number of carbonyl (C=O) groups excluding carboxylic acids is 1. The van der Waals surface area contributed by atoms with Crippen molar-refractivity contribution in [3.05, 3.63) is 71.3 Å². The molecule has 2 aromatic carbocycles. The van der Waals surface area contributed by atoms with Crippen molar-refractivity contribution in [1.29, 1.82) is 0 Å². The smallest absolute Gasteiger partial charge is 0.321 e. The maximum atomic E-state index is 12.6. The van der Waals surface area contributed by atoms with Gasteiger partial charge in [0.05, 0.1) is 16.6 Å². The number of halogens is 1. The molecule has 1 fully saturated rings. The van der Waals surface area contributed by atoms with Crippen molar-refractivity contribution in [3.63, 3.8) is 0 Å². The van der Waals surface area contributed by atoms with Crippen LogP contribution >= 0.6 is 15.9 Å². The molecular weight excluding hydrogens is 430 g/mol. The molecule has 7 heteroatoms. The highest BCUT2D eigenvalue weighted by Gasteiger charge is 2.24. The quantitative estimate of drug-likeness (QED) is 0.486. The summed E-state index contributed by atoms with van der Waals surface area (Å²) in [6, 6.07) is 19.9. The van der Waals surface area contributed by atoms with Crippen molar-refractivity contribution in [2.75, 3.05) is 36.4 Å². The van der Waals surface area contributed by atoms with Gasteiger partial charge in [0.25, 0.3) is 0 Å². The van der Waals surface area contributed by atoms with Crippen molar-refractivity contribution >= 4 is 50.0 Å². The van der Waals surface area contributed by atoms with Gasteiger partial charge in [-0.1, -0.05) is 28.1 Å². The van der Waals surface area contributed by atoms with Gasteiger partial charge in [0.2, 0.25) is 0 Å². The second-order valence-corrected chi connectivity index (χ2v) is 8.01. The van der Waals surface area contributed by atoms with E-state index in [1.54, 1.807) is 0 Å². The van der Waals surface area contributed by atoms with E-state index < -0.39 is 0 Å². The first-order valence-electron chi connectivity index (χ1n) is 9.61. The van der Waals surface area contributed by atoms with E-state index in [0.29, 0.717) is 13.1 Å². The van der Waals surface area contributed by atoms with E-state index in [1.807, 2.05) is 47.4 Å². The number of nitrogens with one attached hydrogen (secondary N) is 1. The topological polar surface area (TPSA) is 52.9 Å². The Morgan fingerprint density at radius 3 is 2.41 bits per heavy atom. The highest BCUT2D eigenvalue weighted by Crippen LogP contribution is 2.26. The van der Waals surface area contributed by atoms with Gasteiger partial charge in [-0.3, -0.25) is 0 Å². The highest BCUT2D eigenvalue weighted by molar-refractivity contribution is 9.10. The molecule has 0 atom stereocenters.